The number of carboxylic acid groups (broad SMARTS) is 1. The normalized spacial score (nSPS) is 14.4. The molecule has 0 spiro atoms. The van der Waals surface area contributed by atoms with E-state index >= 15 is 0 Å². The minimum atomic E-state index is -1.04. The molecule has 0 saturated heterocycles. The van der Waals surface area contributed by atoms with E-state index in [0.717, 1.165) is 5.56 Å². The van der Waals surface area contributed by atoms with Gasteiger partial charge in [0.1, 0.15) is 5.92 Å². The molecule has 1 rings (SSSR count). The number of hydrogen-bond acceptors (Lipinski definition) is 3. The van der Waals surface area contributed by atoms with E-state index in [4.69, 9.17) is 9.84 Å². The van der Waals surface area contributed by atoms with Gasteiger partial charge in [0.25, 0.3) is 0 Å². The molecular formula is C12H16O4. The van der Waals surface area contributed by atoms with Gasteiger partial charge < -0.3 is 14.9 Å². The molecule has 0 saturated carbocycles. The summed E-state index contributed by atoms with van der Waals surface area (Å²) in [6, 6.07) is 9.49. The van der Waals surface area contributed by atoms with Gasteiger partial charge in [-0.15, -0.1) is 0 Å². The van der Waals surface area contributed by atoms with Crippen LogP contribution in [0.3, 0.4) is 0 Å². The molecule has 2 N–H and O–H groups in total. The van der Waals surface area contributed by atoms with Gasteiger partial charge in [0.15, 0.2) is 0 Å². The molecule has 0 radical (unpaired) electrons. The van der Waals surface area contributed by atoms with Gasteiger partial charge in [-0.25, -0.2) is 0 Å². The average Bonchev–Trinajstić information content (AvgIpc) is 2.24. The zero-order chi connectivity index (χ0) is 12.0. The maximum absolute atomic E-state index is 10.7. The van der Waals surface area contributed by atoms with E-state index < -0.39 is 18.0 Å². The van der Waals surface area contributed by atoms with Crippen molar-refractivity contribution in [2.24, 2.45) is 5.92 Å². The third kappa shape index (κ3) is 4.00. The van der Waals surface area contributed by atoms with Crippen molar-refractivity contribution in [3.63, 3.8) is 0 Å². The maximum Gasteiger partial charge on any atom is 0.311 e. The highest BCUT2D eigenvalue weighted by Crippen LogP contribution is 2.07. The van der Waals surface area contributed by atoms with Crippen molar-refractivity contribution < 1.29 is 19.7 Å². The Morgan fingerprint density at radius 2 is 2.00 bits per heavy atom. The summed E-state index contributed by atoms with van der Waals surface area (Å²) in [5.74, 6) is -1.91. The molecular weight excluding hydrogens is 208 g/mol. The Hall–Kier alpha value is -1.39. The van der Waals surface area contributed by atoms with Crippen LogP contribution < -0.4 is 0 Å². The van der Waals surface area contributed by atoms with Gasteiger partial charge >= 0.3 is 5.97 Å². The van der Waals surface area contributed by atoms with Crippen LogP contribution in [0.4, 0.5) is 0 Å². The molecule has 0 aliphatic rings. The van der Waals surface area contributed by atoms with Gasteiger partial charge in [-0.2, -0.15) is 0 Å². The molecule has 0 fully saturated rings. The number of ether oxygens (including phenoxy) is 1. The second kappa shape index (κ2) is 6.25. The molecule has 4 nitrogen and oxygen atoms in total. The lowest BCUT2D eigenvalue weighted by Crippen LogP contribution is -2.30. The number of benzene rings is 1. The van der Waals surface area contributed by atoms with Crippen LogP contribution in [0, 0.1) is 5.92 Å². The van der Waals surface area contributed by atoms with Gasteiger partial charge in [-0.3, -0.25) is 4.79 Å². The third-order valence-corrected chi connectivity index (χ3v) is 2.31. The lowest BCUT2D eigenvalue weighted by molar-refractivity contribution is -0.148. The Labute approximate surface area is 94.5 Å². The van der Waals surface area contributed by atoms with E-state index in [0.29, 0.717) is 6.61 Å². The second-order valence-corrected chi connectivity index (χ2v) is 3.69. The fourth-order valence-corrected chi connectivity index (χ4v) is 1.29. The van der Waals surface area contributed by atoms with E-state index in [1.54, 1.807) is 0 Å². The fourth-order valence-electron chi connectivity index (χ4n) is 1.29. The molecule has 1 aromatic rings. The molecule has 2 atom stereocenters. The first-order chi connectivity index (χ1) is 7.61. The van der Waals surface area contributed by atoms with Crippen LogP contribution in [-0.2, 0) is 16.1 Å². The topological polar surface area (TPSA) is 66.8 Å². The van der Waals surface area contributed by atoms with E-state index in [9.17, 15) is 9.90 Å². The van der Waals surface area contributed by atoms with Gasteiger partial charge in [0.05, 0.1) is 19.3 Å². The maximum atomic E-state index is 10.7. The standard InChI is InChI=1S/C12H16O4/c1-9(13)11(12(14)15)8-16-7-10-5-3-2-4-6-10/h2-6,9,11,13H,7-8H2,1H3,(H,14,15). The minimum Gasteiger partial charge on any atom is -0.481 e. The van der Waals surface area contributed by atoms with Crippen LogP contribution in [0.5, 0.6) is 0 Å². The highest BCUT2D eigenvalue weighted by Gasteiger charge is 2.22. The number of carboxylic acids is 1. The quantitative estimate of drug-likeness (QED) is 0.764. The van der Waals surface area contributed by atoms with Crippen LogP contribution >= 0.6 is 0 Å². The Morgan fingerprint density at radius 1 is 1.38 bits per heavy atom. The molecule has 0 aliphatic carbocycles. The van der Waals surface area contributed by atoms with E-state index in [1.165, 1.54) is 6.92 Å². The van der Waals surface area contributed by atoms with Crippen molar-refractivity contribution in [1.82, 2.24) is 0 Å². The Morgan fingerprint density at radius 3 is 2.50 bits per heavy atom. The van der Waals surface area contributed by atoms with E-state index in [1.807, 2.05) is 30.3 Å². The first-order valence-corrected chi connectivity index (χ1v) is 5.14. The Kier molecular flexibility index (Phi) is 4.95. The average molecular weight is 224 g/mol. The predicted octanol–water partition coefficient (Wildman–Crippen LogP) is 1.28. The smallest absolute Gasteiger partial charge is 0.311 e. The van der Waals surface area contributed by atoms with Gasteiger partial charge in [0, 0.05) is 0 Å². The number of aliphatic carboxylic acids is 1. The summed E-state index contributed by atoms with van der Waals surface area (Å²) >= 11 is 0. The van der Waals surface area contributed by atoms with Crippen molar-refractivity contribution in [1.29, 1.82) is 0 Å². The molecule has 0 aliphatic heterocycles. The minimum absolute atomic E-state index is 0.0158. The third-order valence-electron chi connectivity index (χ3n) is 2.31. The van der Waals surface area contributed by atoms with E-state index in [2.05, 4.69) is 0 Å². The molecule has 2 unspecified atom stereocenters. The van der Waals surface area contributed by atoms with Crippen LogP contribution in [0.15, 0.2) is 30.3 Å². The van der Waals surface area contributed by atoms with Crippen LogP contribution in [0.1, 0.15) is 12.5 Å². The Balaban J connectivity index is 2.37. The first kappa shape index (κ1) is 12.7. The molecule has 0 heterocycles. The largest absolute Gasteiger partial charge is 0.481 e. The Bertz CT molecular complexity index is 321. The molecule has 1 aromatic carbocycles. The van der Waals surface area contributed by atoms with Crippen molar-refractivity contribution >= 4 is 5.97 Å². The van der Waals surface area contributed by atoms with Crippen molar-refractivity contribution in [2.45, 2.75) is 19.6 Å². The van der Waals surface area contributed by atoms with Crippen LogP contribution in [0.25, 0.3) is 0 Å². The first-order valence-electron chi connectivity index (χ1n) is 5.14. The van der Waals surface area contributed by atoms with Gasteiger partial charge in [0.2, 0.25) is 0 Å². The van der Waals surface area contributed by atoms with Crippen LogP contribution in [-0.4, -0.2) is 28.9 Å². The molecule has 88 valence electrons. The molecule has 0 amide bonds. The number of aliphatic hydroxyl groups excluding tert-OH is 1. The number of aliphatic hydroxyl groups is 1. The second-order valence-electron chi connectivity index (χ2n) is 3.69. The van der Waals surface area contributed by atoms with Crippen LogP contribution in [0.2, 0.25) is 0 Å². The van der Waals surface area contributed by atoms with Crippen molar-refractivity contribution in [3.05, 3.63) is 35.9 Å². The van der Waals surface area contributed by atoms with Crippen molar-refractivity contribution in [3.8, 4) is 0 Å². The fraction of sp³-hybridized carbons (Fsp3) is 0.417. The van der Waals surface area contributed by atoms with Gasteiger partial charge in [-0.05, 0) is 12.5 Å². The summed E-state index contributed by atoms with van der Waals surface area (Å²) in [6.07, 6.45) is -0.909. The van der Waals surface area contributed by atoms with Gasteiger partial charge in [-0.1, -0.05) is 30.3 Å². The number of hydrogen-bond donors (Lipinski definition) is 2. The monoisotopic (exact) mass is 224 g/mol. The highest BCUT2D eigenvalue weighted by atomic mass is 16.5. The summed E-state index contributed by atoms with van der Waals surface area (Å²) in [7, 11) is 0. The number of rotatable bonds is 6. The summed E-state index contributed by atoms with van der Waals surface area (Å²) in [4.78, 5) is 10.7. The summed E-state index contributed by atoms with van der Waals surface area (Å²) < 4.78 is 5.26. The van der Waals surface area contributed by atoms with Crippen molar-refractivity contribution in [2.75, 3.05) is 6.61 Å². The summed E-state index contributed by atoms with van der Waals surface area (Å²) in [6.45, 7) is 1.82. The predicted molar refractivity (Wildman–Crippen MR) is 58.9 cm³/mol. The molecule has 4 heteroatoms. The molecule has 16 heavy (non-hydrogen) atoms. The lowest BCUT2D eigenvalue weighted by Gasteiger charge is -2.15. The zero-order valence-corrected chi connectivity index (χ0v) is 9.17. The lowest BCUT2D eigenvalue weighted by atomic mass is 10.1. The number of carbonyl (C=O) groups is 1. The summed E-state index contributed by atoms with van der Waals surface area (Å²) in [5, 5.41) is 18.0. The molecule has 0 aromatic heterocycles. The SMILES string of the molecule is CC(O)C(COCc1ccccc1)C(=O)O. The highest BCUT2D eigenvalue weighted by molar-refractivity contribution is 5.70. The summed E-state index contributed by atoms with van der Waals surface area (Å²) in [5.41, 5.74) is 0.984. The molecule has 0 bridgehead atoms. The van der Waals surface area contributed by atoms with E-state index in [-0.39, 0.29) is 6.61 Å². The zero-order valence-electron chi connectivity index (χ0n) is 9.17.